The first-order chi connectivity index (χ1) is 13.9. The lowest BCUT2D eigenvalue weighted by molar-refractivity contribution is 0.0958. The predicted octanol–water partition coefficient (Wildman–Crippen LogP) is 1.89. The van der Waals surface area contributed by atoms with E-state index in [1.807, 2.05) is 6.92 Å². The zero-order valence-electron chi connectivity index (χ0n) is 16.6. The molecule has 2 aromatic rings. The molecule has 3 N–H and O–H groups in total. The molecule has 0 bridgehead atoms. The molecule has 0 radical (unpaired) electrons. The zero-order valence-corrected chi connectivity index (χ0v) is 16.6. The minimum Gasteiger partial charge on any atom is -0.356 e. The van der Waals surface area contributed by atoms with Gasteiger partial charge in [0.25, 0.3) is 5.91 Å². The van der Waals surface area contributed by atoms with E-state index in [1.165, 1.54) is 18.9 Å². The van der Waals surface area contributed by atoms with Crippen LogP contribution in [0.4, 0.5) is 4.39 Å². The van der Waals surface area contributed by atoms with Crippen LogP contribution in [0.25, 0.3) is 17.5 Å². The average molecular weight is 393 g/mol. The number of carbonyl (C=O) groups is 1. The molecule has 2 saturated carbocycles. The Morgan fingerprint density at radius 1 is 1.31 bits per heavy atom. The van der Waals surface area contributed by atoms with Crippen LogP contribution < -0.4 is 21.2 Å². The van der Waals surface area contributed by atoms with Gasteiger partial charge in [-0.2, -0.15) is 0 Å². The lowest BCUT2D eigenvalue weighted by Crippen LogP contribution is -2.53. The molecule has 1 amide bonds. The second kappa shape index (κ2) is 5.69. The van der Waals surface area contributed by atoms with Crippen molar-refractivity contribution >= 4 is 12.1 Å². The second-order valence-corrected chi connectivity index (χ2v) is 9.08. The fourth-order valence-electron chi connectivity index (χ4n) is 4.41. The fourth-order valence-corrected chi connectivity index (χ4v) is 4.41. The van der Waals surface area contributed by atoms with Crippen molar-refractivity contribution in [3.05, 3.63) is 45.8 Å². The Morgan fingerprint density at radius 3 is 2.79 bits per heavy atom. The van der Waals surface area contributed by atoms with Crippen LogP contribution in [-0.2, 0) is 0 Å². The fraction of sp³-hybridized carbons (Fsp3) is 0.455. The molecular weight excluding hydrogens is 369 g/mol. The number of nitrogens with one attached hydrogen (secondary N) is 3. The molecule has 1 aromatic heterocycles. The Bertz CT molecular complexity index is 1160. The van der Waals surface area contributed by atoms with Gasteiger partial charge < -0.3 is 15.2 Å². The van der Waals surface area contributed by atoms with Crippen molar-refractivity contribution in [1.82, 2.24) is 20.5 Å². The van der Waals surface area contributed by atoms with E-state index in [2.05, 4.69) is 33.6 Å². The third-order valence-electron chi connectivity index (χ3n) is 6.57. The number of hydrogen-bond acceptors (Lipinski definition) is 4. The normalized spacial score (nSPS) is 26.3. The summed E-state index contributed by atoms with van der Waals surface area (Å²) in [6.07, 6.45) is 6.54. The third kappa shape index (κ3) is 2.71. The van der Waals surface area contributed by atoms with Crippen molar-refractivity contribution in [3.8, 4) is 11.3 Å². The summed E-state index contributed by atoms with van der Waals surface area (Å²) in [6, 6.07) is 5.44. The Morgan fingerprint density at radius 2 is 2.10 bits per heavy atom. The van der Waals surface area contributed by atoms with Gasteiger partial charge in [0.2, 0.25) is 0 Å². The number of benzene rings is 1. The van der Waals surface area contributed by atoms with E-state index in [4.69, 9.17) is 4.99 Å². The topological polar surface area (TPSA) is 72.5 Å². The zero-order chi connectivity index (χ0) is 19.9. The van der Waals surface area contributed by atoms with Gasteiger partial charge in [0.05, 0.1) is 33.9 Å². The Hall–Kier alpha value is -2.67. The molecule has 2 aliphatic carbocycles. The molecule has 1 unspecified atom stereocenters. The number of nitrogens with zero attached hydrogens (tertiary/aromatic N) is 2. The van der Waals surface area contributed by atoms with Crippen molar-refractivity contribution in [3.63, 3.8) is 0 Å². The number of hydrogen-bond donors (Lipinski definition) is 3. The quantitative estimate of drug-likeness (QED) is 0.743. The molecule has 6 nitrogen and oxygen atoms in total. The number of carbonyl (C=O) groups excluding carboxylic acids is 1. The molecule has 3 heterocycles. The monoisotopic (exact) mass is 393 g/mol. The highest BCUT2D eigenvalue weighted by molar-refractivity contribution is 6.00. The van der Waals surface area contributed by atoms with Crippen molar-refractivity contribution < 1.29 is 9.18 Å². The molecule has 150 valence electrons. The van der Waals surface area contributed by atoms with Crippen LogP contribution in [-0.4, -0.2) is 33.7 Å². The molecule has 29 heavy (non-hydrogen) atoms. The van der Waals surface area contributed by atoms with Crippen molar-refractivity contribution in [2.24, 2.45) is 4.99 Å². The Kier molecular flexibility index (Phi) is 3.38. The van der Waals surface area contributed by atoms with Crippen molar-refractivity contribution in [2.75, 3.05) is 0 Å². The number of aromatic amines is 1. The van der Waals surface area contributed by atoms with Crippen LogP contribution >= 0.6 is 0 Å². The summed E-state index contributed by atoms with van der Waals surface area (Å²) in [5, 5.41) is 8.10. The number of halogens is 1. The average Bonchev–Trinajstić information content (AvgIpc) is 3.58. The minimum atomic E-state index is -0.329. The largest absolute Gasteiger partial charge is 0.356 e. The molecule has 2 atom stereocenters. The lowest BCUT2D eigenvalue weighted by Gasteiger charge is -2.33. The van der Waals surface area contributed by atoms with Crippen LogP contribution in [0.2, 0.25) is 0 Å². The predicted molar refractivity (Wildman–Crippen MR) is 107 cm³/mol. The van der Waals surface area contributed by atoms with Gasteiger partial charge in [0, 0.05) is 23.0 Å². The van der Waals surface area contributed by atoms with E-state index in [-0.39, 0.29) is 29.6 Å². The summed E-state index contributed by atoms with van der Waals surface area (Å²) in [4.78, 5) is 22.7. The molecule has 6 rings (SSSR count). The van der Waals surface area contributed by atoms with Gasteiger partial charge in [-0.15, -0.1) is 0 Å². The van der Waals surface area contributed by atoms with Crippen LogP contribution in [0.15, 0.2) is 23.2 Å². The number of rotatable bonds is 4. The number of H-pyrrole nitrogens is 1. The molecule has 2 aliphatic heterocycles. The second-order valence-electron chi connectivity index (χ2n) is 9.08. The first-order valence-corrected chi connectivity index (χ1v) is 10.4. The summed E-state index contributed by atoms with van der Waals surface area (Å²) in [7, 11) is 0. The molecule has 4 aliphatic rings. The molecule has 7 heteroatoms. The Balaban J connectivity index is 1.52. The lowest BCUT2D eigenvalue weighted by atomic mass is 10.1. The summed E-state index contributed by atoms with van der Waals surface area (Å²) in [5.41, 5.74) is 2.56. The van der Waals surface area contributed by atoms with Crippen molar-refractivity contribution in [1.29, 1.82) is 0 Å². The first kappa shape index (κ1) is 17.2. The SMILES string of the molecule is CC1NC(=O)c2cc(-c3c(F)ccc4c3=N[C@H](NC3(C)CC3)N(C3CC3)C=4)[nH]c21. The van der Waals surface area contributed by atoms with E-state index in [0.29, 0.717) is 28.2 Å². The third-order valence-corrected chi connectivity index (χ3v) is 6.57. The summed E-state index contributed by atoms with van der Waals surface area (Å²) in [5.74, 6) is -0.449. The first-order valence-electron chi connectivity index (χ1n) is 10.4. The van der Waals surface area contributed by atoms with Crippen LogP contribution in [0.3, 0.4) is 0 Å². The highest BCUT2D eigenvalue weighted by atomic mass is 19.1. The smallest absolute Gasteiger partial charge is 0.253 e. The maximum absolute atomic E-state index is 15.0. The van der Waals surface area contributed by atoms with E-state index in [9.17, 15) is 4.79 Å². The molecule has 1 aromatic carbocycles. The summed E-state index contributed by atoms with van der Waals surface area (Å²) >= 11 is 0. The van der Waals surface area contributed by atoms with E-state index in [1.54, 1.807) is 12.1 Å². The minimum absolute atomic E-state index is 0.105. The van der Waals surface area contributed by atoms with Gasteiger partial charge >= 0.3 is 0 Å². The molecule has 0 spiro atoms. The number of amides is 1. The number of aromatic nitrogens is 1. The standard InChI is InChI=1S/C22H24FN5O/c1-11-18-14(20(29)24-11)9-16(25-18)17-15(23)6-3-12-10-28(13-4-5-13)21(26-19(12)17)27-22(2)7-8-22/h3,6,9-11,13,21,25,27H,4-5,7-8H2,1-2H3,(H,24,29)/t11?,21-/m1/s1. The van der Waals surface area contributed by atoms with Crippen LogP contribution in [0.1, 0.15) is 61.6 Å². The highest BCUT2D eigenvalue weighted by Crippen LogP contribution is 2.37. The van der Waals surface area contributed by atoms with Gasteiger partial charge in [-0.1, -0.05) is 0 Å². The molecular formula is C22H24FN5O. The molecule has 0 saturated heterocycles. The summed E-state index contributed by atoms with van der Waals surface area (Å²) < 4.78 is 15.0. The van der Waals surface area contributed by atoms with Gasteiger partial charge in [-0.05, 0) is 57.7 Å². The van der Waals surface area contributed by atoms with Crippen molar-refractivity contribution in [2.45, 2.75) is 63.4 Å². The highest BCUT2D eigenvalue weighted by Gasteiger charge is 2.42. The van der Waals surface area contributed by atoms with Gasteiger partial charge in [0.15, 0.2) is 6.29 Å². The van der Waals surface area contributed by atoms with Crippen LogP contribution in [0.5, 0.6) is 0 Å². The number of fused-ring (bicyclic) bond motifs is 2. The molecule has 2 fully saturated rings. The van der Waals surface area contributed by atoms with E-state index in [0.717, 1.165) is 23.8 Å². The van der Waals surface area contributed by atoms with E-state index >= 15 is 4.39 Å². The van der Waals surface area contributed by atoms with Gasteiger partial charge in [-0.25, -0.2) is 9.38 Å². The maximum Gasteiger partial charge on any atom is 0.253 e. The van der Waals surface area contributed by atoms with Gasteiger partial charge in [-0.3, -0.25) is 10.1 Å². The summed E-state index contributed by atoms with van der Waals surface area (Å²) in [6.45, 7) is 4.13. The van der Waals surface area contributed by atoms with E-state index < -0.39 is 0 Å². The van der Waals surface area contributed by atoms with Gasteiger partial charge in [0.1, 0.15) is 5.82 Å². The van der Waals surface area contributed by atoms with Crippen LogP contribution in [0, 0.1) is 5.82 Å². The Labute approximate surface area is 167 Å². The maximum atomic E-state index is 15.0.